The highest BCUT2D eigenvalue weighted by molar-refractivity contribution is 5.85. The highest BCUT2D eigenvalue weighted by Crippen LogP contribution is 1.98. The lowest BCUT2D eigenvalue weighted by atomic mass is 10.5. The van der Waals surface area contributed by atoms with Gasteiger partial charge < -0.3 is 14.0 Å². The maximum absolute atomic E-state index is 10.8. The predicted molar refractivity (Wildman–Crippen MR) is 33.8 cm³/mol. The van der Waals surface area contributed by atoms with Gasteiger partial charge in [0.15, 0.2) is 6.79 Å². The normalized spacial score (nSPS) is 9.55. The molecule has 1 heterocycles. The fraction of sp³-hybridized carbons (Fsp3) is 0.333. The quantitative estimate of drug-likeness (QED) is 0.470. The van der Waals surface area contributed by atoms with Crippen LogP contribution in [-0.2, 0) is 9.47 Å². The van der Waals surface area contributed by atoms with Crippen LogP contribution in [0.4, 0.5) is 0 Å². The van der Waals surface area contributed by atoms with E-state index in [4.69, 9.17) is 0 Å². The van der Waals surface area contributed by atoms with Crippen molar-refractivity contribution in [3.05, 3.63) is 18.0 Å². The number of carbonyl (C=O) groups is 1. The second-order valence-electron chi connectivity index (χ2n) is 1.72. The first-order chi connectivity index (χ1) is 5.34. The minimum Gasteiger partial charge on any atom is -0.433 e. The number of nitrogens with zero attached hydrogens (tertiary/aromatic N) is 1. The Morgan fingerprint density at radius 1 is 1.82 bits per heavy atom. The lowest BCUT2D eigenvalue weighted by Gasteiger charge is -1.97. The largest absolute Gasteiger partial charge is 0.433 e. The van der Waals surface area contributed by atoms with Crippen LogP contribution in [0.2, 0.25) is 0 Å². The number of aromatic nitrogens is 1. The minimum atomic E-state index is -0.579. The molecule has 0 aliphatic heterocycles. The van der Waals surface area contributed by atoms with Crippen LogP contribution in [0, 0.1) is 0 Å². The maximum Gasteiger partial charge on any atom is 0.379 e. The van der Waals surface area contributed by atoms with Crippen molar-refractivity contribution in [2.45, 2.75) is 0 Å². The summed E-state index contributed by atoms with van der Waals surface area (Å²) < 4.78 is 13.6. The third-order valence-electron chi connectivity index (χ3n) is 0.947. The van der Waals surface area contributed by atoms with Crippen LogP contribution in [0.3, 0.4) is 0 Å². The summed E-state index contributed by atoms with van der Waals surface area (Å²) in [5.74, 6) is -0.508. The van der Waals surface area contributed by atoms with Gasteiger partial charge in [0.2, 0.25) is 5.76 Å². The van der Waals surface area contributed by atoms with E-state index >= 15 is 0 Å². The average Bonchev–Trinajstić information content (AvgIpc) is 2.52. The Bertz CT molecular complexity index is 218. The molecule has 0 unspecified atom stereocenters. The van der Waals surface area contributed by atoms with Gasteiger partial charge in [-0.05, 0) is 0 Å². The fourth-order valence-corrected chi connectivity index (χ4v) is 0.505. The first kappa shape index (κ1) is 7.74. The van der Waals surface area contributed by atoms with E-state index in [0.29, 0.717) is 0 Å². The Hall–Kier alpha value is -1.36. The van der Waals surface area contributed by atoms with E-state index in [-0.39, 0.29) is 12.6 Å². The van der Waals surface area contributed by atoms with Crippen LogP contribution >= 0.6 is 0 Å². The summed E-state index contributed by atoms with van der Waals surface area (Å²) in [4.78, 5) is 10.8. The Kier molecular flexibility index (Phi) is 2.62. The van der Waals surface area contributed by atoms with Gasteiger partial charge in [-0.1, -0.05) is 5.16 Å². The molecule has 1 aromatic rings. The van der Waals surface area contributed by atoms with Crippen LogP contribution in [-0.4, -0.2) is 25.0 Å². The van der Waals surface area contributed by atoms with Crippen molar-refractivity contribution in [3.8, 4) is 0 Å². The van der Waals surface area contributed by atoms with Gasteiger partial charge in [0, 0.05) is 13.2 Å². The molecule has 0 N–H and O–H groups in total. The number of hydrogen-bond acceptors (Lipinski definition) is 5. The van der Waals surface area contributed by atoms with Crippen LogP contribution in [0.1, 0.15) is 10.6 Å². The molecule has 5 heteroatoms. The van der Waals surface area contributed by atoms with E-state index in [2.05, 4.69) is 19.2 Å². The molecule has 1 aromatic heterocycles. The molecule has 0 bridgehead atoms. The van der Waals surface area contributed by atoms with Crippen LogP contribution in [0.15, 0.2) is 16.8 Å². The van der Waals surface area contributed by atoms with E-state index in [1.807, 2.05) is 0 Å². The molecule has 11 heavy (non-hydrogen) atoms. The number of esters is 1. The smallest absolute Gasteiger partial charge is 0.379 e. The third kappa shape index (κ3) is 2.05. The summed E-state index contributed by atoms with van der Waals surface area (Å²) in [6.07, 6.45) is 1.36. The van der Waals surface area contributed by atoms with Crippen molar-refractivity contribution >= 4 is 5.97 Å². The van der Waals surface area contributed by atoms with Gasteiger partial charge in [0.25, 0.3) is 0 Å². The Labute approximate surface area is 62.9 Å². The highest BCUT2D eigenvalue weighted by Gasteiger charge is 2.09. The lowest BCUT2D eigenvalue weighted by molar-refractivity contribution is -0.0155. The summed E-state index contributed by atoms with van der Waals surface area (Å²) >= 11 is 0. The summed E-state index contributed by atoms with van der Waals surface area (Å²) in [6, 6.07) is 1.41. The molecule has 0 saturated carbocycles. The highest BCUT2D eigenvalue weighted by atomic mass is 16.7. The van der Waals surface area contributed by atoms with E-state index in [9.17, 15) is 4.79 Å². The van der Waals surface area contributed by atoms with Gasteiger partial charge >= 0.3 is 5.97 Å². The summed E-state index contributed by atoms with van der Waals surface area (Å²) in [7, 11) is 1.42. The van der Waals surface area contributed by atoms with Crippen molar-refractivity contribution in [1.82, 2.24) is 5.16 Å². The van der Waals surface area contributed by atoms with Crippen molar-refractivity contribution < 1.29 is 18.8 Å². The number of ether oxygens (including phenoxy) is 2. The standard InChI is InChI=1S/C6H7NO4/c1-9-4-10-6(8)5-2-3-7-11-5/h2-3H,4H2,1H3. The monoisotopic (exact) mass is 157 g/mol. The second-order valence-corrected chi connectivity index (χ2v) is 1.72. The molecule has 0 aromatic carbocycles. The molecule has 0 aliphatic rings. The summed E-state index contributed by atoms with van der Waals surface area (Å²) in [5.41, 5.74) is 0. The zero-order valence-corrected chi connectivity index (χ0v) is 5.94. The number of rotatable bonds is 3. The molecule has 1 rings (SSSR count). The van der Waals surface area contributed by atoms with Gasteiger partial charge in [-0.3, -0.25) is 0 Å². The van der Waals surface area contributed by atoms with E-state index in [1.54, 1.807) is 0 Å². The van der Waals surface area contributed by atoms with E-state index in [0.717, 1.165) is 0 Å². The summed E-state index contributed by atoms with van der Waals surface area (Å²) in [6.45, 7) is -0.0838. The third-order valence-corrected chi connectivity index (χ3v) is 0.947. The van der Waals surface area contributed by atoms with E-state index < -0.39 is 5.97 Å². The zero-order valence-electron chi connectivity index (χ0n) is 5.94. The molecule has 0 aliphatic carbocycles. The molecule has 0 spiro atoms. The molecule has 0 amide bonds. The molecular weight excluding hydrogens is 150 g/mol. The zero-order chi connectivity index (χ0) is 8.10. The molecule has 0 atom stereocenters. The van der Waals surface area contributed by atoms with Gasteiger partial charge in [-0.15, -0.1) is 0 Å². The van der Waals surface area contributed by atoms with Crippen LogP contribution in [0.5, 0.6) is 0 Å². The Balaban J connectivity index is 2.43. The van der Waals surface area contributed by atoms with Crippen molar-refractivity contribution in [1.29, 1.82) is 0 Å². The SMILES string of the molecule is COCOC(=O)c1ccno1. The summed E-state index contributed by atoms with van der Waals surface area (Å²) in [5, 5.41) is 3.33. The van der Waals surface area contributed by atoms with Gasteiger partial charge in [0.1, 0.15) is 0 Å². The van der Waals surface area contributed by atoms with Crippen LogP contribution in [0.25, 0.3) is 0 Å². The first-order valence-corrected chi connectivity index (χ1v) is 2.91. The molecule has 0 saturated heterocycles. The van der Waals surface area contributed by atoms with E-state index in [1.165, 1.54) is 19.4 Å². The minimum absolute atomic E-state index is 0.0713. The van der Waals surface area contributed by atoms with Crippen molar-refractivity contribution in [3.63, 3.8) is 0 Å². The average molecular weight is 157 g/mol. The first-order valence-electron chi connectivity index (χ1n) is 2.91. The van der Waals surface area contributed by atoms with Crippen molar-refractivity contribution in [2.75, 3.05) is 13.9 Å². The topological polar surface area (TPSA) is 61.6 Å². The number of hydrogen-bond donors (Lipinski definition) is 0. The molecule has 0 fully saturated rings. The number of carbonyl (C=O) groups excluding carboxylic acids is 1. The molecule has 60 valence electrons. The molecule has 0 radical (unpaired) electrons. The van der Waals surface area contributed by atoms with Gasteiger partial charge in [-0.25, -0.2) is 4.79 Å². The van der Waals surface area contributed by atoms with Crippen molar-refractivity contribution in [2.24, 2.45) is 0 Å². The lowest BCUT2D eigenvalue weighted by Crippen LogP contribution is -2.06. The fourth-order valence-electron chi connectivity index (χ4n) is 0.505. The maximum atomic E-state index is 10.8. The Morgan fingerprint density at radius 2 is 2.64 bits per heavy atom. The molecule has 5 nitrogen and oxygen atoms in total. The predicted octanol–water partition coefficient (Wildman–Crippen LogP) is 0.435. The van der Waals surface area contributed by atoms with Gasteiger partial charge in [0.05, 0.1) is 6.20 Å². The second kappa shape index (κ2) is 3.72. The Morgan fingerprint density at radius 3 is 3.18 bits per heavy atom. The molecular formula is C6H7NO4. The number of methoxy groups -OCH3 is 1. The van der Waals surface area contributed by atoms with Gasteiger partial charge in [-0.2, -0.15) is 0 Å². The van der Waals surface area contributed by atoms with Crippen LogP contribution < -0.4 is 0 Å².